The van der Waals surface area contributed by atoms with Crippen molar-refractivity contribution in [3.8, 4) is 0 Å². The number of amides is 1. The molecule has 0 aromatic rings. The van der Waals surface area contributed by atoms with Gasteiger partial charge >= 0.3 is 0 Å². The lowest BCUT2D eigenvalue weighted by Crippen LogP contribution is -2.24. The third-order valence-electron chi connectivity index (χ3n) is 2.10. The van der Waals surface area contributed by atoms with Gasteiger partial charge in [-0.05, 0) is 25.7 Å². The summed E-state index contributed by atoms with van der Waals surface area (Å²) in [6, 6.07) is 0. The molecular formula is C11H23NO3. The van der Waals surface area contributed by atoms with Gasteiger partial charge in [-0.1, -0.05) is 0 Å². The van der Waals surface area contributed by atoms with Crippen LogP contribution >= 0.6 is 0 Å². The molecule has 0 rings (SSSR count). The summed E-state index contributed by atoms with van der Waals surface area (Å²) in [5.74, 6) is 0.142. The van der Waals surface area contributed by atoms with E-state index in [9.17, 15) is 4.79 Å². The number of carbonyl (C=O) groups excluding carboxylic acids is 1. The molecule has 0 bridgehead atoms. The smallest absolute Gasteiger partial charge is 0.219 e. The summed E-state index contributed by atoms with van der Waals surface area (Å²) in [5.41, 5.74) is 0. The topological polar surface area (TPSA) is 47.6 Å². The molecule has 4 heteroatoms. The zero-order chi connectivity index (χ0) is 11.4. The monoisotopic (exact) mass is 217 g/mol. The predicted molar refractivity (Wildman–Crippen MR) is 59.8 cm³/mol. The van der Waals surface area contributed by atoms with Gasteiger partial charge in [0, 0.05) is 40.4 Å². The number of nitrogens with one attached hydrogen (secondary N) is 1. The predicted octanol–water partition coefficient (Wildman–Crippen LogP) is 1.35. The summed E-state index contributed by atoms with van der Waals surface area (Å²) in [6.45, 7) is 2.26. The number of rotatable bonds is 10. The van der Waals surface area contributed by atoms with Gasteiger partial charge in [0.25, 0.3) is 0 Å². The minimum atomic E-state index is 0.142. The van der Waals surface area contributed by atoms with Crippen LogP contribution in [0.1, 0.15) is 32.1 Å². The van der Waals surface area contributed by atoms with Crippen molar-refractivity contribution in [1.29, 1.82) is 0 Å². The average molecular weight is 217 g/mol. The molecule has 15 heavy (non-hydrogen) atoms. The Morgan fingerprint density at radius 2 is 1.60 bits per heavy atom. The summed E-state index contributed by atoms with van der Waals surface area (Å²) in [4.78, 5) is 11.3. The number of unbranched alkanes of at least 4 members (excludes halogenated alkanes) is 2. The van der Waals surface area contributed by atoms with Crippen LogP contribution in [-0.4, -0.2) is 39.9 Å². The highest BCUT2D eigenvalue weighted by Gasteiger charge is 1.99. The van der Waals surface area contributed by atoms with E-state index in [2.05, 4.69) is 5.32 Å². The van der Waals surface area contributed by atoms with E-state index in [1.165, 1.54) is 0 Å². The molecule has 0 atom stereocenters. The maximum atomic E-state index is 11.3. The van der Waals surface area contributed by atoms with Crippen LogP contribution in [0.4, 0.5) is 0 Å². The molecule has 0 radical (unpaired) electrons. The molecule has 90 valence electrons. The van der Waals surface area contributed by atoms with Crippen LogP contribution in [0, 0.1) is 0 Å². The summed E-state index contributed by atoms with van der Waals surface area (Å²) >= 11 is 0. The maximum Gasteiger partial charge on any atom is 0.219 e. The lowest BCUT2D eigenvalue weighted by Gasteiger charge is -2.04. The van der Waals surface area contributed by atoms with Gasteiger partial charge in [-0.25, -0.2) is 0 Å². The van der Waals surface area contributed by atoms with Crippen LogP contribution in [0.15, 0.2) is 0 Å². The largest absolute Gasteiger partial charge is 0.385 e. The second-order valence-corrected chi connectivity index (χ2v) is 3.50. The Morgan fingerprint density at radius 1 is 1.00 bits per heavy atom. The minimum absolute atomic E-state index is 0.142. The lowest BCUT2D eigenvalue weighted by atomic mass is 10.2. The van der Waals surface area contributed by atoms with Gasteiger partial charge in [-0.2, -0.15) is 0 Å². The van der Waals surface area contributed by atoms with E-state index >= 15 is 0 Å². The molecule has 1 amide bonds. The van der Waals surface area contributed by atoms with Gasteiger partial charge in [0.15, 0.2) is 0 Å². The first-order valence-electron chi connectivity index (χ1n) is 5.56. The SMILES string of the molecule is COCCCCNC(=O)CCCCOC. The van der Waals surface area contributed by atoms with Crippen molar-refractivity contribution in [3.63, 3.8) is 0 Å². The van der Waals surface area contributed by atoms with E-state index in [1.807, 2.05) is 0 Å². The number of carbonyl (C=O) groups is 1. The molecule has 0 aromatic carbocycles. The van der Waals surface area contributed by atoms with E-state index in [0.29, 0.717) is 6.42 Å². The van der Waals surface area contributed by atoms with Crippen LogP contribution in [0.5, 0.6) is 0 Å². The first-order valence-corrected chi connectivity index (χ1v) is 5.56. The fourth-order valence-electron chi connectivity index (χ4n) is 1.22. The molecule has 0 aliphatic heterocycles. The van der Waals surface area contributed by atoms with Crippen molar-refractivity contribution < 1.29 is 14.3 Å². The fourth-order valence-corrected chi connectivity index (χ4v) is 1.22. The molecule has 0 aliphatic rings. The summed E-state index contributed by atoms with van der Waals surface area (Å²) in [5, 5.41) is 2.88. The van der Waals surface area contributed by atoms with Crippen LogP contribution in [0.3, 0.4) is 0 Å². The molecule has 0 fully saturated rings. The molecule has 0 aliphatic carbocycles. The van der Waals surface area contributed by atoms with E-state index in [0.717, 1.165) is 45.4 Å². The Labute approximate surface area is 92.3 Å². The highest BCUT2D eigenvalue weighted by molar-refractivity contribution is 5.75. The minimum Gasteiger partial charge on any atom is -0.385 e. The highest BCUT2D eigenvalue weighted by atomic mass is 16.5. The van der Waals surface area contributed by atoms with E-state index in [-0.39, 0.29) is 5.91 Å². The van der Waals surface area contributed by atoms with Gasteiger partial charge in [0.1, 0.15) is 0 Å². The molecule has 0 saturated heterocycles. The Balaban J connectivity index is 3.11. The van der Waals surface area contributed by atoms with E-state index < -0.39 is 0 Å². The summed E-state index contributed by atoms with van der Waals surface area (Å²) < 4.78 is 9.82. The Bertz CT molecular complexity index is 151. The number of hydrogen-bond donors (Lipinski definition) is 1. The van der Waals surface area contributed by atoms with Crippen molar-refractivity contribution in [3.05, 3.63) is 0 Å². The van der Waals surface area contributed by atoms with Gasteiger partial charge in [0.05, 0.1) is 0 Å². The second-order valence-electron chi connectivity index (χ2n) is 3.50. The second kappa shape index (κ2) is 11.5. The number of hydrogen-bond acceptors (Lipinski definition) is 3. The molecule has 0 aromatic heterocycles. The van der Waals surface area contributed by atoms with Crippen LogP contribution < -0.4 is 5.32 Å². The Kier molecular flexibility index (Phi) is 11.0. The highest BCUT2D eigenvalue weighted by Crippen LogP contribution is 1.95. The average Bonchev–Trinajstić information content (AvgIpc) is 2.24. The molecule has 0 saturated carbocycles. The maximum absolute atomic E-state index is 11.3. The standard InChI is InChI=1S/C11H23NO3/c1-14-9-5-3-7-11(13)12-8-4-6-10-15-2/h3-10H2,1-2H3,(H,12,13). The lowest BCUT2D eigenvalue weighted by molar-refractivity contribution is -0.121. The Hall–Kier alpha value is -0.610. The number of ether oxygens (including phenoxy) is 2. The van der Waals surface area contributed by atoms with Gasteiger partial charge in [-0.3, -0.25) is 4.79 Å². The van der Waals surface area contributed by atoms with Gasteiger partial charge in [-0.15, -0.1) is 0 Å². The summed E-state index contributed by atoms with van der Waals surface area (Å²) in [7, 11) is 3.37. The molecule has 0 unspecified atom stereocenters. The van der Waals surface area contributed by atoms with Crippen molar-refractivity contribution in [2.45, 2.75) is 32.1 Å². The molecule has 4 nitrogen and oxygen atoms in total. The van der Waals surface area contributed by atoms with Crippen LogP contribution in [0.25, 0.3) is 0 Å². The van der Waals surface area contributed by atoms with Crippen LogP contribution in [-0.2, 0) is 14.3 Å². The van der Waals surface area contributed by atoms with E-state index in [1.54, 1.807) is 14.2 Å². The normalized spacial score (nSPS) is 10.3. The zero-order valence-electron chi connectivity index (χ0n) is 9.88. The quantitative estimate of drug-likeness (QED) is 0.562. The third kappa shape index (κ3) is 11.3. The van der Waals surface area contributed by atoms with Gasteiger partial charge in [0.2, 0.25) is 5.91 Å². The first kappa shape index (κ1) is 14.4. The van der Waals surface area contributed by atoms with Crippen molar-refractivity contribution >= 4 is 5.91 Å². The fraction of sp³-hybridized carbons (Fsp3) is 0.909. The first-order chi connectivity index (χ1) is 7.31. The molecule has 0 spiro atoms. The number of methoxy groups -OCH3 is 2. The third-order valence-corrected chi connectivity index (χ3v) is 2.10. The van der Waals surface area contributed by atoms with Gasteiger partial charge < -0.3 is 14.8 Å². The van der Waals surface area contributed by atoms with Crippen molar-refractivity contribution in [2.75, 3.05) is 34.0 Å². The molecular weight excluding hydrogens is 194 g/mol. The van der Waals surface area contributed by atoms with E-state index in [4.69, 9.17) is 9.47 Å². The molecule has 0 heterocycles. The van der Waals surface area contributed by atoms with Crippen LogP contribution in [0.2, 0.25) is 0 Å². The van der Waals surface area contributed by atoms with Crippen molar-refractivity contribution in [2.24, 2.45) is 0 Å². The Morgan fingerprint density at radius 3 is 2.20 bits per heavy atom. The summed E-state index contributed by atoms with van der Waals surface area (Å²) in [6.07, 6.45) is 4.44. The van der Waals surface area contributed by atoms with Crippen molar-refractivity contribution in [1.82, 2.24) is 5.32 Å². The molecule has 1 N–H and O–H groups in total. The zero-order valence-corrected chi connectivity index (χ0v) is 9.88.